The van der Waals surface area contributed by atoms with Crippen molar-refractivity contribution in [3.63, 3.8) is 0 Å². The molecule has 14 nitrogen and oxygen atoms in total. The first kappa shape index (κ1) is 30.1. The first-order valence-corrected chi connectivity index (χ1v) is 10.7. The maximum atomic E-state index is 12.6. The van der Waals surface area contributed by atoms with Gasteiger partial charge in [0, 0.05) is 12.2 Å². The number of thiol groups is 1. The molecule has 10 N–H and O–H groups in total. The largest absolute Gasteiger partial charge is 0.481 e. The van der Waals surface area contributed by atoms with E-state index in [9.17, 15) is 33.9 Å². The minimum Gasteiger partial charge on any atom is -0.481 e. The molecular formula is C18H31N5O9S. The third-order valence-electron chi connectivity index (χ3n) is 4.39. The van der Waals surface area contributed by atoms with Crippen molar-refractivity contribution < 1.29 is 44.1 Å². The smallest absolute Gasteiger partial charge is 0.326 e. The quantitative estimate of drug-likeness (QED) is 0.0741. The second-order valence-electron chi connectivity index (χ2n) is 7.13. The van der Waals surface area contributed by atoms with Crippen LogP contribution in [0.5, 0.6) is 0 Å². The van der Waals surface area contributed by atoms with Crippen LogP contribution < -0.4 is 27.4 Å². The number of unbranched alkanes of at least 4 members (excludes halogenated alkanes) is 1. The van der Waals surface area contributed by atoms with E-state index in [-0.39, 0.29) is 18.6 Å². The number of rotatable bonds is 17. The van der Waals surface area contributed by atoms with E-state index in [0.29, 0.717) is 19.4 Å². The Balaban J connectivity index is 5.30. The van der Waals surface area contributed by atoms with Crippen LogP contribution in [0.3, 0.4) is 0 Å². The number of aliphatic carboxylic acids is 3. The van der Waals surface area contributed by atoms with E-state index in [0.717, 1.165) is 0 Å². The van der Waals surface area contributed by atoms with E-state index in [1.54, 1.807) is 0 Å². The number of nitrogens with two attached hydrogens (primary N) is 2. The molecule has 0 saturated carbocycles. The van der Waals surface area contributed by atoms with E-state index in [1.165, 1.54) is 0 Å². The molecule has 15 heteroatoms. The first-order valence-electron chi connectivity index (χ1n) is 10.1. The molecule has 0 spiro atoms. The first-order chi connectivity index (χ1) is 15.4. The lowest BCUT2D eigenvalue weighted by Crippen LogP contribution is -2.57. The van der Waals surface area contributed by atoms with Gasteiger partial charge in [0.05, 0.1) is 12.5 Å². The van der Waals surface area contributed by atoms with Crippen LogP contribution in [-0.2, 0) is 28.8 Å². The number of hydrogen-bond acceptors (Lipinski definition) is 9. The molecule has 0 aromatic carbocycles. The predicted octanol–water partition coefficient (Wildman–Crippen LogP) is -2.75. The number of carboxylic acids is 3. The van der Waals surface area contributed by atoms with Gasteiger partial charge >= 0.3 is 17.9 Å². The van der Waals surface area contributed by atoms with E-state index >= 15 is 0 Å². The van der Waals surface area contributed by atoms with Gasteiger partial charge in [-0.2, -0.15) is 12.6 Å². The zero-order chi connectivity index (χ0) is 25.6. The summed E-state index contributed by atoms with van der Waals surface area (Å²) in [7, 11) is 0. The zero-order valence-corrected chi connectivity index (χ0v) is 18.8. The average Bonchev–Trinajstić information content (AvgIpc) is 2.72. The van der Waals surface area contributed by atoms with Crippen LogP contribution >= 0.6 is 12.6 Å². The fraction of sp³-hybridized carbons (Fsp3) is 0.667. The van der Waals surface area contributed by atoms with Crippen molar-refractivity contribution in [2.45, 2.75) is 62.7 Å². The number of carbonyl (C=O) groups excluding carboxylic acids is 3. The molecule has 0 rings (SSSR count). The van der Waals surface area contributed by atoms with Crippen LogP contribution in [0, 0.1) is 0 Å². The molecule has 33 heavy (non-hydrogen) atoms. The van der Waals surface area contributed by atoms with Gasteiger partial charge < -0.3 is 42.7 Å². The van der Waals surface area contributed by atoms with Gasteiger partial charge in [-0.1, -0.05) is 0 Å². The Bertz CT molecular complexity index is 721. The van der Waals surface area contributed by atoms with Crippen LogP contribution in [0.25, 0.3) is 0 Å². The minimum atomic E-state index is -1.49. The van der Waals surface area contributed by atoms with Crippen molar-refractivity contribution in [3.8, 4) is 0 Å². The third kappa shape index (κ3) is 12.6. The maximum Gasteiger partial charge on any atom is 0.326 e. The van der Waals surface area contributed by atoms with Crippen LogP contribution in [0.4, 0.5) is 0 Å². The standard InChI is InChI=1S/C18H31N5O9S/c19-6-2-1-3-10(16(29)22-11(18(31)32)4-5-13(24)25)21-17(30)12(8-33)23-15(28)9(20)7-14(26)27/h9-12,33H,1-8,19-20H2,(H,21,30)(H,22,29)(H,23,28)(H,24,25)(H,26,27)(H,31,32). The van der Waals surface area contributed by atoms with E-state index in [2.05, 4.69) is 28.6 Å². The van der Waals surface area contributed by atoms with Gasteiger partial charge in [0.15, 0.2) is 0 Å². The van der Waals surface area contributed by atoms with Crippen LogP contribution in [0.1, 0.15) is 38.5 Å². The monoisotopic (exact) mass is 493 g/mol. The van der Waals surface area contributed by atoms with Gasteiger partial charge in [0.1, 0.15) is 18.1 Å². The van der Waals surface area contributed by atoms with Crippen LogP contribution in [-0.4, -0.2) is 87.4 Å². The Kier molecular flexibility index (Phi) is 14.4. The zero-order valence-electron chi connectivity index (χ0n) is 17.9. The summed E-state index contributed by atoms with van der Waals surface area (Å²) in [4.78, 5) is 70.0. The molecule has 0 saturated heterocycles. The van der Waals surface area contributed by atoms with Crippen LogP contribution in [0.15, 0.2) is 0 Å². The summed E-state index contributed by atoms with van der Waals surface area (Å²) in [6.45, 7) is 0.315. The van der Waals surface area contributed by atoms with Crippen molar-refractivity contribution in [1.29, 1.82) is 0 Å². The van der Waals surface area contributed by atoms with Gasteiger partial charge in [-0.3, -0.25) is 24.0 Å². The maximum absolute atomic E-state index is 12.6. The number of carbonyl (C=O) groups is 6. The molecule has 4 unspecified atom stereocenters. The lowest BCUT2D eigenvalue weighted by Gasteiger charge is -2.24. The van der Waals surface area contributed by atoms with Crippen molar-refractivity contribution in [2.75, 3.05) is 12.3 Å². The molecule has 3 amide bonds. The van der Waals surface area contributed by atoms with Crippen molar-refractivity contribution >= 4 is 48.3 Å². The summed E-state index contributed by atoms with van der Waals surface area (Å²) < 4.78 is 0. The number of hydrogen-bond donors (Lipinski definition) is 9. The van der Waals surface area contributed by atoms with E-state index < -0.39 is 72.6 Å². The molecule has 4 atom stereocenters. The van der Waals surface area contributed by atoms with Gasteiger partial charge in [-0.15, -0.1) is 0 Å². The highest BCUT2D eigenvalue weighted by Gasteiger charge is 2.30. The minimum absolute atomic E-state index is 0.0891. The number of carboxylic acid groups (broad SMARTS) is 3. The van der Waals surface area contributed by atoms with Gasteiger partial charge in [0.25, 0.3) is 0 Å². The molecule has 0 aliphatic heterocycles. The Labute approximate surface area is 195 Å². The van der Waals surface area contributed by atoms with E-state index in [1.807, 2.05) is 0 Å². The summed E-state index contributed by atoms with van der Waals surface area (Å²) >= 11 is 3.97. The lowest BCUT2D eigenvalue weighted by atomic mass is 10.1. The lowest BCUT2D eigenvalue weighted by molar-refractivity contribution is -0.143. The molecule has 0 aliphatic rings. The Morgan fingerprint density at radius 2 is 1.30 bits per heavy atom. The molecule has 0 fully saturated rings. The average molecular weight is 494 g/mol. The summed E-state index contributed by atoms with van der Waals surface area (Å²) in [6, 6.07) is -5.36. The molecule has 0 aromatic rings. The van der Waals surface area contributed by atoms with E-state index in [4.69, 9.17) is 21.7 Å². The van der Waals surface area contributed by atoms with Crippen molar-refractivity contribution in [3.05, 3.63) is 0 Å². The normalized spacial score (nSPS) is 14.3. The molecular weight excluding hydrogens is 462 g/mol. The highest BCUT2D eigenvalue weighted by molar-refractivity contribution is 7.80. The molecule has 0 aromatic heterocycles. The van der Waals surface area contributed by atoms with Crippen molar-refractivity contribution in [2.24, 2.45) is 11.5 Å². The second-order valence-corrected chi connectivity index (χ2v) is 7.49. The summed E-state index contributed by atoms with van der Waals surface area (Å²) in [5, 5.41) is 33.5. The second kappa shape index (κ2) is 15.8. The Morgan fingerprint density at radius 1 is 0.758 bits per heavy atom. The van der Waals surface area contributed by atoms with Gasteiger partial charge in [-0.05, 0) is 32.2 Å². The molecule has 0 radical (unpaired) electrons. The molecule has 0 heterocycles. The van der Waals surface area contributed by atoms with Crippen LogP contribution in [0.2, 0.25) is 0 Å². The number of nitrogens with one attached hydrogen (secondary N) is 3. The topological polar surface area (TPSA) is 251 Å². The Hall–Kier alpha value is -2.91. The summed E-state index contributed by atoms with van der Waals surface area (Å²) in [5.74, 6) is -6.78. The fourth-order valence-electron chi connectivity index (χ4n) is 2.59. The Morgan fingerprint density at radius 3 is 1.79 bits per heavy atom. The third-order valence-corrected chi connectivity index (χ3v) is 4.75. The van der Waals surface area contributed by atoms with Crippen molar-refractivity contribution in [1.82, 2.24) is 16.0 Å². The molecule has 0 bridgehead atoms. The predicted molar refractivity (Wildman–Crippen MR) is 117 cm³/mol. The van der Waals surface area contributed by atoms with Gasteiger partial charge in [-0.25, -0.2) is 4.79 Å². The number of amides is 3. The molecule has 188 valence electrons. The SMILES string of the molecule is NCCCCC(NC(=O)C(CS)NC(=O)C(N)CC(=O)O)C(=O)NC(CCC(=O)O)C(=O)O. The highest BCUT2D eigenvalue weighted by atomic mass is 32.1. The summed E-state index contributed by atoms with van der Waals surface area (Å²) in [5.41, 5.74) is 10.9. The summed E-state index contributed by atoms with van der Waals surface area (Å²) in [6.07, 6.45) is -0.515. The molecule has 0 aliphatic carbocycles. The van der Waals surface area contributed by atoms with Gasteiger partial charge in [0.2, 0.25) is 17.7 Å². The highest BCUT2D eigenvalue weighted by Crippen LogP contribution is 2.05. The fourth-order valence-corrected chi connectivity index (χ4v) is 2.84.